The number of hydrogen-bond acceptors (Lipinski definition) is 2. The van der Waals surface area contributed by atoms with E-state index >= 15 is 0 Å². The molecule has 2 aromatic rings. The molecule has 21 heavy (non-hydrogen) atoms. The number of carbonyl (C=O) groups excluding carboxylic acids is 1. The van der Waals surface area contributed by atoms with E-state index in [9.17, 15) is 4.79 Å². The number of aryl methyl sites for hydroxylation is 2. The third-order valence-corrected chi connectivity index (χ3v) is 4.05. The third kappa shape index (κ3) is 2.64. The molecule has 0 saturated heterocycles. The minimum absolute atomic E-state index is 0.0235. The van der Waals surface area contributed by atoms with Crippen molar-refractivity contribution in [2.24, 2.45) is 0 Å². The molecule has 0 aromatic heterocycles. The van der Waals surface area contributed by atoms with Crippen LogP contribution in [0.2, 0.25) is 0 Å². The lowest BCUT2D eigenvalue weighted by atomic mass is 9.99. The predicted molar refractivity (Wildman–Crippen MR) is 87.1 cm³/mol. The zero-order chi connectivity index (χ0) is 14.8. The largest absolute Gasteiger partial charge is 0.385 e. The first-order valence-corrected chi connectivity index (χ1v) is 7.40. The van der Waals surface area contributed by atoms with Crippen LogP contribution in [0.25, 0.3) is 0 Å². The Kier molecular flexibility index (Phi) is 3.65. The fourth-order valence-electron chi connectivity index (χ4n) is 2.98. The van der Waals surface area contributed by atoms with Gasteiger partial charge >= 0.3 is 0 Å². The topological polar surface area (TPSA) is 41.1 Å². The summed E-state index contributed by atoms with van der Waals surface area (Å²) in [5, 5.41) is 6.48. The van der Waals surface area contributed by atoms with Gasteiger partial charge in [0.2, 0.25) is 0 Å². The number of rotatable bonds is 2. The molecule has 3 heteroatoms. The lowest BCUT2D eigenvalue weighted by Crippen LogP contribution is -2.19. The average molecular weight is 280 g/mol. The van der Waals surface area contributed by atoms with Gasteiger partial charge in [0.15, 0.2) is 0 Å². The summed E-state index contributed by atoms with van der Waals surface area (Å²) < 4.78 is 0. The van der Waals surface area contributed by atoms with Crippen molar-refractivity contribution in [1.29, 1.82) is 0 Å². The van der Waals surface area contributed by atoms with Gasteiger partial charge in [-0.25, -0.2) is 0 Å². The first kappa shape index (κ1) is 13.7. The van der Waals surface area contributed by atoms with Crippen molar-refractivity contribution < 1.29 is 4.79 Å². The van der Waals surface area contributed by atoms with Gasteiger partial charge in [-0.2, -0.15) is 0 Å². The molecule has 108 valence electrons. The van der Waals surface area contributed by atoms with Crippen molar-refractivity contribution in [3.8, 4) is 0 Å². The molecule has 0 spiro atoms. The first-order valence-electron chi connectivity index (χ1n) is 7.40. The van der Waals surface area contributed by atoms with E-state index in [1.807, 2.05) is 44.2 Å². The Morgan fingerprint density at radius 3 is 2.57 bits per heavy atom. The number of fused-ring (bicyclic) bond motifs is 1. The van der Waals surface area contributed by atoms with Gasteiger partial charge in [0, 0.05) is 23.5 Å². The summed E-state index contributed by atoms with van der Waals surface area (Å²) in [4.78, 5) is 12.6. The quantitative estimate of drug-likeness (QED) is 0.875. The van der Waals surface area contributed by atoms with Gasteiger partial charge in [-0.05, 0) is 55.5 Å². The lowest BCUT2D eigenvalue weighted by molar-refractivity contribution is 0.102. The molecule has 3 rings (SSSR count). The van der Waals surface area contributed by atoms with Crippen LogP contribution >= 0.6 is 0 Å². The molecule has 1 amide bonds. The number of hydrogen-bond donors (Lipinski definition) is 2. The number of anilines is 2. The van der Waals surface area contributed by atoms with Crippen molar-refractivity contribution in [3.05, 3.63) is 58.7 Å². The molecule has 1 heterocycles. The molecule has 0 radical (unpaired) electrons. The number of amides is 1. The minimum atomic E-state index is -0.0235. The van der Waals surface area contributed by atoms with E-state index < -0.39 is 0 Å². The van der Waals surface area contributed by atoms with Crippen LogP contribution in [-0.2, 0) is 6.42 Å². The zero-order valence-electron chi connectivity index (χ0n) is 12.5. The molecule has 0 saturated carbocycles. The Balaban J connectivity index is 1.92. The highest BCUT2D eigenvalue weighted by Gasteiger charge is 2.16. The van der Waals surface area contributed by atoms with Crippen LogP contribution in [0.3, 0.4) is 0 Å². The Morgan fingerprint density at radius 2 is 1.81 bits per heavy atom. The van der Waals surface area contributed by atoms with Gasteiger partial charge in [0.1, 0.15) is 0 Å². The average Bonchev–Trinajstić information content (AvgIpc) is 2.47. The summed E-state index contributed by atoms with van der Waals surface area (Å²) in [6, 6.07) is 12.0. The maximum atomic E-state index is 12.6. The molecule has 3 nitrogen and oxygen atoms in total. The van der Waals surface area contributed by atoms with E-state index in [0.29, 0.717) is 0 Å². The van der Waals surface area contributed by atoms with Crippen molar-refractivity contribution in [2.75, 3.05) is 17.2 Å². The van der Waals surface area contributed by atoms with Gasteiger partial charge in [0.05, 0.1) is 0 Å². The minimum Gasteiger partial charge on any atom is -0.385 e. The van der Waals surface area contributed by atoms with E-state index in [-0.39, 0.29) is 5.91 Å². The highest BCUT2D eigenvalue weighted by atomic mass is 16.1. The molecule has 0 atom stereocenters. The molecular weight excluding hydrogens is 260 g/mol. The van der Waals surface area contributed by atoms with Crippen LogP contribution in [0, 0.1) is 13.8 Å². The fourth-order valence-corrected chi connectivity index (χ4v) is 2.98. The molecular formula is C18H20N2O. The summed E-state index contributed by atoms with van der Waals surface area (Å²) >= 11 is 0. The number of benzene rings is 2. The summed E-state index contributed by atoms with van der Waals surface area (Å²) in [6.45, 7) is 4.95. The lowest BCUT2D eigenvalue weighted by Gasteiger charge is -2.21. The van der Waals surface area contributed by atoms with Gasteiger partial charge in [-0.1, -0.05) is 24.3 Å². The second-order valence-electron chi connectivity index (χ2n) is 5.58. The van der Waals surface area contributed by atoms with Crippen molar-refractivity contribution >= 4 is 17.3 Å². The van der Waals surface area contributed by atoms with Gasteiger partial charge < -0.3 is 10.6 Å². The Hall–Kier alpha value is -2.29. The van der Waals surface area contributed by atoms with Gasteiger partial charge in [-0.15, -0.1) is 0 Å². The Labute approximate surface area is 125 Å². The summed E-state index contributed by atoms with van der Waals surface area (Å²) in [6.07, 6.45) is 2.11. The highest BCUT2D eigenvalue weighted by molar-refractivity contribution is 6.07. The summed E-state index contributed by atoms with van der Waals surface area (Å²) in [5.41, 5.74) is 6.07. The van der Waals surface area contributed by atoms with Crippen molar-refractivity contribution in [2.45, 2.75) is 26.7 Å². The van der Waals surface area contributed by atoms with Crippen LogP contribution in [-0.4, -0.2) is 12.5 Å². The molecule has 0 unspecified atom stereocenters. The summed E-state index contributed by atoms with van der Waals surface area (Å²) in [5.74, 6) is -0.0235. The highest BCUT2D eigenvalue weighted by Crippen LogP contribution is 2.29. The van der Waals surface area contributed by atoms with Gasteiger partial charge in [0.25, 0.3) is 5.91 Å². The molecule has 0 aliphatic carbocycles. The second-order valence-corrected chi connectivity index (χ2v) is 5.58. The van der Waals surface area contributed by atoms with E-state index in [1.165, 1.54) is 5.56 Å². The van der Waals surface area contributed by atoms with Crippen LogP contribution in [0.4, 0.5) is 11.4 Å². The SMILES string of the molecule is Cc1cccc(C)c1C(=O)Nc1cccc2c1CCCN2. The van der Waals surface area contributed by atoms with E-state index in [4.69, 9.17) is 0 Å². The third-order valence-electron chi connectivity index (χ3n) is 4.05. The smallest absolute Gasteiger partial charge is 0.256 e. The first-order chi connectivity index (χ1) is 10.2. The predicted octanol–water partition coefficient (Wildman–Crippen LogP) is 3.91. The van der Waals surface area contributed by atoms with Crippen LogP contribution < -0.4 is 10.6 Å². The number of carbonyl (C=O) groups is 1. The van der Waals surface area contributed by atoms with E-state index in [0.717, 1.165) is 47.5 Å². The van der Waals surface area contributed by atoms with Crippen molar-refractivity contribution in [1.82, 2.24) is 0 Å². The molecule has 0 fully saturated rings. The zero-order valence-corrected chi connectivity index (χ0v) is 12.5. The second kappa shape index (κ2) is 5.60. The molecule has 1 aliphatic heterocycles. The maximum Gasteiger partial charge on any atom is 0.256 e. The number of nitrogens with one attached hydrogen (secondary N) is 2. The Bertz CT molecular complexity index is 671. The van der Waals surface area contributed by atoms with Gasteiger partial charge in [-0.3, -0.25) is 4.79 Å². The summed E-state index contributed by atoms with van der Waals surface area (Å²) in [7, 11) is 0. The standard InChI is InChI=1S/C18H20N2O/c1-12-6-3-7-13(2)17(12)18(21)20-16-10-4-9-15-14(16)8-5-11-19-15/h3-4,6-7,9-10,19H,5,8,11H2,1-2H3,(H,20,21). The maximum absolute atomic E-state index is 12.6. The van der Waals surface area contributed by atoms with Crippen LogP contribution in [0.15, 0.2) is 36.4 Å². The van der Waals surface area contributed by atoms with E-state index in [2.05, 4.69) is 16.7 Å². The van der Waals surface area contributed by atoms with Crippen LogP contribution in [0.5, 0.6) is 0 Å². The van der Waals surface area contributed by atoms with Crippen molar-refractivity contribution in [3.63, 3.8) is 0 Å². The monoisotopic (exact) mass is 280 g/mol. The van der Waals surface area contributed by atoms with Crippen LogP contribution in [0.1, 0.15) is 33.5 Å². The Morgan fingerprint density at radius 1 is 1.10 bits per heavy atom. The molecule has 2 aromatic carbocycles. The normalized spacial score (nSPS) is 13.2. The molecule has 1 aliphatic rings. The van der Waals surface area contributed by atoms with E-state index in [1.54, 1.807) is 0 Å². The molecule has 0 bridgehead atoms. The fraction of sp³-hybridized carbons (Fsp3) is 0.278. The molecule has 2 N–H and O–H groups in total.